The Morgan fingerprint density at radius 3 is 2.30 bits per heavy atom. The summed E-state index contributed by atoms with van der Waals surface area (Å²) in [5.41, 5.74) is 2.24. The van der Waals surface area contributed by atoms with Crippen LogP contribution in [-0.2, 0) is 26.0 Å². The Morgan fingerprint density at radius 1 is 0.973 bits per heavy atom. The number of anilines is 1. The van der Waals surface area contributed by atoms with Crippen LogP contribution in [0.5, 0.6) is 5.75 Å². The van der Waals surface area contributed by atoms with E-state index < -0.39 is 27.9 Å². The maximum atomic E-state index is 13.2. The Bertz CT molecular complexity index is 1310. The summed E-state index contributed by atoms with van der Waals surface area (Å²) in [5.74, 6) is -0.401. The zero-order valence-corrected chi connectivity index (χ0v) is 22.0. The molecule has 0 aromatic heterocycles. The average Bonchev–Trinajstić information content (AvgIpc) is 2.89. The SMILES string of the molecule is CCCCOC(=O)c1ccc(NC(=O)[C@@H](Cc2ccccc2)NS(=O)(=O)c2ccc(OC)c(C)c2)cc1. The summed E-state index contributed by atoms with van der Waals surface area (Å²) in [5, 5.41) is 2.75. The highest BCUT2D eigenvalue weighted by molar-refractivity contribution is 7.89. The average molecular weight is 525 g/mol. The van der Waals surface area contributed by atoms with Gasteiger partial charge in [-0.15, -0.1) is 0 Å². The molecule has 3 aromatic rings. The van der Waals surface area contributed by atoms with Crippen LogP contribution in [-0.4, -0.2) is 40.1 Å². The number of carbonyl (C=O) groups is 2. The number of unbranched alkanes of at least 4 members (excludes halogenated alkanes) is 1. The van der Waals surface area contributed by atoms with E-state index in [4.69, 9.17) is 9.47 Å². The van der Waals surface area contributed by atoms with Gasteiger partial charge >= 0.3 is 5.97 Å². The number of hydrogen-bond acceptors (Lipinski definition) is 6. The van der Waals surface area contributed by atoms with Gasteiger partial charge in [-0.1, -0.05) is 43.7 Å². The minimum absolute atomic E-state index is 0.0302. The zero-order chi connectivity index (χ0) is 26.8. The maximum Gasteiger partial charge on any atom is 0.338 e. The summed E-state index contributed by atoms with van der Waals surface area (Å²) in [4.78, 5) is 25.4. The fraction of sp³-hybridized carbons (Fsp3) is 0.286. The van der Waals surface area contributed by atoms with E-state index in [1.165, 1.54) is 19.2 Å². The van der Waals surface area contributed by atoms with E-state index in [2.05, 4.69) is 10.0 Å². The van der Waals surface area contributed by atoms with Gasteiger partial charge in [-0.05, 0) is 73.4 Å². The number of nitrogens with one attached hydrogen (secondary N) is 2. The lowest BCUT2D eigenvalue weighted by molar-refractivity contribution is -0.117. The molecule has 0 aliphatic rings. The third kappa shape index (κ3) is 7.90. The molecule has 0 unspecified atom stereocenters. The van der Waals surface area contributed by atoms with Crippen molar-refractivity contribution >= 4 is 27.6 Å². The Balaban J connectivity index is 1.78. The smallest absolute Gasteiger partial charge is 0.338 e. The van der Waals surface area contributed by atoms with Crippen LogP contribution in [0.25, 0.3) is 0 Å². The summed E-state index contributed by atoms with van der Waals surface area (Å²) in [6, 6.07) is 18.8. The minimum Gasteiger partial charge on any atom is -0.496 e. The van der Waals surface area contributed by atoms with Crippen molar-refractivity contribution in [2.45, 2.75) is 44.0 Å². The maximum absolute atomic E-state index is 13.2. The predicted molar refractivity (Wildman–Crippen MR) is 142 cm³/mol. The van der Waals surface area contributed by atoms with E-state index in [0.717, 1.165) is 18.4 Å². The number of methoxy groups -OCH3 is 1. The fourth-order valence-corrected chi connectivity index (χ4v) is 4.90. The summed E-state index contributed by atoms with van der Waals surface area (Å²) >= 11 is 0. The molecule has 0 aliphatic carbocycles. The van der Waals surface area contributed by atoms with Gasteiger partial charge < -0.3 is 14.8 Å². The molecular formula is C28H32N2O6S. The molecule has 9 heteroatoms. The Morgan fingerprint density at radius 2 is 1.68 bits per heavy atom. The highest BCUT2D eigenvalue weighted by Crippen LogP contribution is 2.22. The fourth-order valence-electron chi connectivity index (χ4n) is 3.62. The van der Waals surface area contributed by atoms with Gasteiger partial charge in [-0.25, -0.2) is 13.2 Å². The van der Waals surface area contributed by atoms with Gasteiger partial charge in [0.25, 0.3) is 0 Å². The van der Waals surface area contributed by atoms with Gasteiger partial charge in [0.15, 0.2) is 0 Å². The van der Waals surface area contributed by atoms with E-state index in [-0.39, 0.29) is 11.3 Å². The van der Waals surface area contributed by atoms with Crippen molar-refractivity contribution in [3.8, 4) is 5.75 Å². The van der Waals surface area contributed by atoms with Crippen LogP contribution in [0, 0.1) is 6.92 Å². The molecular weight excluding hydrogens is 492 g/mol. The van der Waals surface area contributed by atoms with E-state index >= 15 is 0 Å². The van der Waals surface area contributed by atoms with Gasteiger partial charge in [-0.3, -0.25) is 4.79 Å². The first kappa shape index (κ1) is 27.9. The van der Waals surface area contributed by atoms with Crippen molar-refractivity contribution in [3.05, 3.63) is 89.5 Å². The largest absolute Gasteiger partial charge is 0.496 e. The quantitative estimate of drug-likeness (QED) is 0.267. The molecule has 196 valence electrons. The van der Waals surface area contributed by atoms with E-state index in [1.54, 1.807) is 37.3 Å². The molecule has 3 aromatic carbocycles. The molecule has 8 nitrogen and oxygen atoms in total. The zero-order valence-electron chi connectivity index (χ0n) is 21.2. The van der Waals surface area contributed by atoms with Crippen molar-refractivity contribution in [2.75, 3.05) is 19.0 Å². The molecule has 0 aliphatic heterocycles. The number of amides is 1. The normalized spacial score (nSPS) is 12.0. The van der Waals surface area contributed by atoms with Crippen LogP contribution < -0.4 is 14.8 Å². The van der Waals surface area contributed by atoms with Crippen molar-refractivity contribution in [3.63, 3.8) is 0 Å². The molecule has 37 heavy (non-hydrogen) atoms. The molecule has 0 radical (unpaired) electrons. The first-order valence-corrected chi connectivity index (χ1v) is 13.5. The van der Waals surface area contributed by atoms with E-state index in [1.807, 2.05) is 37.3 Å². The third-order valence-electron chi connectivity index (χ3n) is 5.69. The second kappa shape index (κ2) is 13.0. The number of esters is 1. The van der Waals surface area contributed by atoms with Crippen LogP contribution in [0.1, 0.15) is 41.3 Å². The van der Waals surface area contributed by atoms with Crippen molar-refractivity contribution < 1.29 is 27.5 Å². The monoisotopic (exact) mass is 524 g/mol. The standard InChI is InChI=1S/C28H32N2O6S/c1-4-5-17-36-28(32)22-11-13-23(14-12-22)29-27(31)25(19-21-9-7-6-8-10-21)30-37(33,34)24-15-16-26(35-3)20(2)18-24/h6-16,18,25,30H,4-5,17,19H2,1-3H3,(H,29,31)/t25-/m1/s1. The van der Waals surface area contributed by atoms with Crippen LogP contribution in [0.3, 0.4) is 0 Å². The molecule has 0 saturated carbocycles. The highest BCUT2D eigenvalue weighted by atomic mass is 32.2. The van der Waals surface area contributed by atoms with Crippen molar-refractivity contribution in [1.82, 2.24) is 4.72 Å². The van der Waals surface area contributed by atoms with Crippen LogP contribution >= 0.6 is 0 Å². The first-order chi connectivity index (χ1) is 17.7. The van der Waals surface area contributed by atoms with Crippen molar-refractivity contribution in [2.24, 2.45) is 0 Å². The lowest BCUT2D eigenvalue weighted by Crippen LogP contribution is -2.45. The van der Waals surface area contributed by atoms with Crippen LogP contribution in [0.2, 0.25) is 0 Å². The Labute approximate surface area is 218 Å². The summed E-state index contributed by atoms with van der Waals surface area (Å²) < 4.78 is 39.3. The number of benzene rings is 3. The molecule has 2 N–H and O–H groups in total. The number of hydrogen-bond donors (Lipinski definition) is 2. The molecule has 0 heterocycles. The number of carbonyl (C=O) groups excluding carboxylic acids is 2. The van der Waals surface area contributed by atoms with Gasteiger partial charge in [0.2, 0.25) is 15.9 Å². The third-order valence-corrected chi connectivity index (χ3v) is 7.16. The van der Waals surface area contributed by atoms with Gasteiger partial charge in [-0.2, -0.15) is 4.72 Å². The van der Waals surface area contributed by atoms with E-state index in [9.17, 15) is 18.0 Å². The van der Waals surface area contributed by atoms with Crippen molar-refractivity contribution in [1.29, 1.82) is 0 Å². The molecule has 0 fully saturated rings. The lowest BCUT2D eigenvalue weighted by Gasteiger charge is -2.19. The topological polar surface area (TPSA) is 111 Å². The van der Waals surface area contributed by atoms with Gasteiger partial charge in [0, 0.05) is 5.69 Å². The lowest BCUT2D eigenvalue weighted by atomic mass is 10.1. The molecule has 0 spiro atoms. The molecule has 1 atom stereocenters. The summed E-state index contributed by atoms with van der Waals surface area (Å²) in [6.45, 7) is 4.10. The Kier molecular flexibility index (Phi) is 9.82. The molecule has 0 saturated heterocycles. The second-order valence-corrected chi connectivity index (χ2v) is 10.3. The first-order valence-electron chi connectivity index (χ1n) is 12.0. The number of sulfonamides is 1. The number of rotatable bonds is 12. The Hall–Kier alpha value is -3.69. The highest BCUT2D eigenvalue weighted by Gasteiger charge is 2.27. The molecule has 3 rings (SSSR count). The minimum atomic E-state index is -4.02. The van der Waals surface area contributed by atoms with Crippen LogP contribution in [0.15, 0.2) is 77.7 Å². The van der Waals surface area contributed by atoms with Crippen LogP contribution in [0.4, 0.5) is 5.69 Å². The summed E-state index contributed by atoms with van der Waals surface area (Å²) in [6.07, 6.45) is 1.85. The second-order valence-electron chi connectivity index (χ2n) is 8.55. The number of ether oxygens (including phenoxy) is 2. The molecule has 0 bridgehead atoms. The molecule has 1 amide bonds. The predicted octanol–water partition coefficient (Wildman–Crippen LogP) is 4.49. The van der Waals surface area contributed by atoms with Gasteiger partial charge in [0.1, 0.15) is 11.8 Å². The van der Waals surface area contributed by atoms with Gasteiger partial charge in [0.05, 0.1) is 24.2 Å². The van der Waals surface area contributed by atoms with E-state index in [0.29, 0.717) is 29.2 Å². The number of aryl methyl sites for hydroxylation is 1. The summed E-state index contributed by atoms with van der Waals surface area (Å²) in [7, 11) is -2.51.